The molecule has 1 aromatic carbocycles. The van der Waals surface area contributed by atoms with E-state index in [0.717, 1.165) is 5.56 Å². The third-order valence-corrected chi connectivity index (χ3v) is 4.97. The Balaban J connectivity index is 2.64. The van der Waals surface area contributed by atoms with Crippen molar-refractivity contribution in [2.45, 2.75) is 10.8 Å². The molecule has 13 heavy (non-hydrogen) atoms. The highest BCUT2D eigenvalue weighted by atomic mass is 79.9. The van der Waals surface area contributed by atoms with Gasteiger partial charge in [0, 0.05) is 11.2 Å². The topological polar surface area (TPSA) is 34.1 Å². The molecule has 1 aliphatic rings. The van der Waals surface area contributed by atoms with Gasteiger partial charge >= 0.3 is 0 Å². The first-order valence-corrected chi connectivity index (χ1v) is 6.80. The van der Waals surface area contributed by atoms with Crippen LogP contribution in [0, 0.1) is 0 Å². The third-order valence-electron chi connectivity index (χ3n) is 2.30. The van der Waals surface area contributed by atoms with Crippen molar-refractivity contribution in [3.63, 3.8) is 0 Å². The van der Waals surface area contributed by atoms with Crippen LogP contribution in [0.25, 0.3) is 0 Å². The highest BCUT2D eigenvalue weighted by Crippen LogP contribution is 2.35. The number of hydrogen-bond acceptors (Lipinski definition) is 2. The van der Waals surface area contributed by atoms with E-state index < -0.39 is 9.84 Å². The maximum atomic E-state index is 11.6. The van der Waals surface area contributed by atoms with E-state index >= 15 is 0 Å². The molecule has 0 bridgehead atoms. The lowest BCUT2D eigenvalue weighted by molar-refractivity contribution is 0.598. The lowest BCUT2D eigenvalue weighted by Gasteiger charge is -2.02. The van der Waals surface area contributed by atoms with Gasteiger partial charge in [0.25, 0.3) is 0 Å². The number of fused-ring (bicyclic) bond motifs is 1. The Hall–Kier alpha value is -0.350. The van der Waals surface area contributed by atoms with Crippen molar-refractivity contribution in [1.82, 2.24) is 0 Å². The molecule has 0 saturated carbocycles. The molecule has 1 heterocycles. The Labute approximate surface area is 86.0 Å². The van der Waals surface area contributed by atoms with E-state index in [-0.39, 0.29) is 11.7 Å². The summed E-state index contributed by atoms with van der Waals surface area (Å²) in [5.41, 5.74) is 0.958. The molecule has 1 aliphatic heterocycles. The first-order valence-electron chi connectivity index (χ1n) is 4.03. The van der Waals surface area contributed by atoms with E-state index in [0.29, 0.717) is 10.2 Å². The number of hydrogen-bond donors (Lipinski definition) is 0. The van der Waals surface area contributed by atoms with Gasteiger partial charge < -0.3 is 0 Å². The minimum atomic E-state index is -3.00. The van der Waals surface area contributed by atoms with Gasteiger partial charge in [-0.3, -0.25) is 0 Å². The van der Waals surface area contributed by atoms with Crippen molar-refractivity contribution in [2.24, 2.45) is 0 Å². The molecule has 1 unspecified atom stereocenters. The first kappa shape index (κ1) is 9.21. The Kier molecular flexibility index (Phi) is 2.20. The fourth-order valence-electron chi connectivity index (χ4n) is 1.67. The van der Waals surface area contributed by atoms with Gasteiger partial charge in [-0.05, 0) is 11.6 Å². The minimum absolute atomic E-state index is 0.126. The smallest absolute Gasteiger partial charge is 0.179 e. The summed E-state index contributed by atoms with van der Waals surface area (Å²) >= 11 is 3.33. The molecule has 0 amide bonds. The molecular formula is C9H9BrO2S. The van der Waals surface area contributed by atoms with Crippen LogP contribution < -0.4 is 0 Å². The van der Waals surface area contributed by atoms with E-state index in [9.17, 15) is 8.42 Å². The second-order valence-corrected chi connectivity index (χ2v) is 5.82. The normalized spacial score (nSPS) is 24.2. The van der Waals surface area contributed by atoms with Crippen LogP contribution in [0.4, 0.5) is 0 Å². The summed E-state index contributed by atoms with van der Waals surface area (Å²) < 4.78 is 23.2. The van der Waals surface area contributed by atoms with Crippen molar-refractivity contribution in [1.29, 1.82) is 0 Å². The fourth-order valence-corrected chi connectivity index (χ4v) is 4.44. The molecule has 0 spiro atoms. The van der Waals surface area contributed by atoms with Gasteiger partial charge in [0.05, 0.1) is 10.6 Å². The van der Waals surface area contributed by atoms with Crippen molar-refractivity contribution < 1.29 is 8.42 Å². The molecule has 0 saturated heterocycles. The molecule has 0 N–H and O–H groups in total. The van der Waals surface area contributed by atoms with E-state index in [4.69, 9.17) is 0 Å². The Morgan fingerprint density at radius 3 is 2.77 bits per heavy atom. The molecule has 70 valence electrons. The summed E-state index contributed by atoms with van der Waals surface area (Å²) in [6, 6.07) is 7.24. The fraction of sp³-hybridized carbons (Fsp3) is 0.333. The number of alkyl halides is 1. The van der Waals surface area contributed by atoms with Gasteiger partial charge in [0.15, 0.2) is 9.84 Å². The monoisotopic (exact) mass is 260 g/mol. The van der Waals surface area contributed by atoms with E-state index in [1.807, 2.05) is 12.1 Å². The Morgan fingerprint density at radius 2 is 2.08 bits per heavy atom. The van der Waals surface area contributed by atoms with Gasteiger partial charge in [0.1, 0.15) is 0 Å². The maximum Gasteiger partial charge on any atom is 0.179 e. The Bertz CT molecular complexity index is 425. The minimum Gasteiger partial charge on any atom is -0.224 e. The zero-order valence-electron chi connectivity index (χ0n) is 6.90. The number of rotatable bonds is 1. The molecular weight excluding hydrogens is 252 g/mol. The van der Waals surface area contributed by atoms with Gasteiger partial charge in [-0.25, -0.2) is 8.42 Å². The first-order chi connectivity index (χ1) is 6.15. The van der Waals surface area contributed by atoms with Crippen molar-refractivity contribution in [3.8, 4) is 0 Å². The van der Waals surface area contributed by atoms with Gasteiger partial charge in [-0.15, -0.1) is 0 Å². The molecule has 4 heteroatoms. The summed E-state index contributed by atoms with van der Waals surface area (Å²) in [5, 5.41) is 0.712. The summed E-state index contributed by atoms with van der Waals surface area (Å²) in [6.07, 6.45) is 0. The van der Waals surface area contributed by atoms with E-state index in [2.05, 4.69) is 15.9 Å². The van der Waals surface area contributed by atoms with Gasteiger partial charge in [-0.1, -0.05) is 34.1 Å². The van der Waals surface area contributed by atoms with E-state index in [1.54, 1.807) is 12.1 Å². The summed E-state index contributed by atoms with van der Waals surface area (Å²) in [5.74, 6) is 0.374. The Morgan fingerprint density at radius 1 is 1.38 bits per heavy atom. The molecule has 2 nitrogen and oxygen atoms in total. The van der Waals surface area contributed by atoms with Crippen LogP contribution in [0.1, 0.15) is 11.5 Å². The van der Waals surface area contributed by atoms with E-state index in [1.165, 1.54) is 0 Å². The zero-order valence-corrected chi connectivity index (χ0v) is 9.31. The van der Waals surface area contributed by atoms with Crippen molar-refractivity contribution in [2.75, 3.05) is 11.1 Å². The highest BCUT2D eigenvalue weighted by molar-refractivity contribution is 9.09. The second kappa shape index (κ2) is 3.10. The quantitative estimate of drug-likeness (QED) is 0.724. The lowest BCUT2D eigenvalue weighted by atomic mass is 10.0. The number of sulfone groups is 1. The SMILES string of the molecule is O=S1(=O)CC(CBr)c2ccccc21. The maximum absolute atomic E-state index is 11.6. The van der Waals surface area contributed by atoms with Crippen LogP contribution in [-0.2, 0) is 9.84 Å². The predicted octanol–water partition coefficient (Wildman–Crippen LogP) is 1.95. The van der Waals surface area contributed by atoms with Crippen molar-refractivity contribution >= 4 is 25.8 Å². The van der Waals surface area contributed by atoms with Crippen LogP contribution in [0.15, 0.2) is 29.2 Å². The lowest BCUT2D eigenvalue weighted by Crippen LogP contribution is -2.04. The average Bonchev–Trinajstić information content (AvgIpc) is 2.39. The predicted molar refractivity (Wildman–Crippen MR) is 55.0 cm³/mol. The third kappa shape index (κ3) is 1.42. The number of halogens is 1. The highest BCUT2D eigenvalue weighted by Gasteiger charge is 2.33. The van der Waals surface area contributed by atoms with Gasteiger partial charge in [-0.2, -0.15) is 0 Å². The molecule has 0 aliphatic carbocycles. The van der Waals surface area contributed by atoms with Crippen molar-refractivity contribution in [3.05, 3.63) is 29.8 Å². The van der Waals surface area contributed by atoms with Crippen LogP contribution in [0.2, 0.25) is 0 Å². The van der Waals surface area contributed by atoms with Gasteiger partial charge in [0.2, 0.25) is 0 Å². The largest absolute Gasteiger partial charge is 0.224 e. The molecule has 2 rings (SSSR count). The average molecular weight is 261 g/mol. The second-order valence-electron chi connectivity index (χ2n) is 3.17. The summed E-state index contributed by atoms with van der Waals surface area (Å²) in [6.45, 7) is 0. The van der Waals surface area contributed by atoms with Crippen LogP contribution in [-0.4, -0.2) is 19.5 Å². The van der Waals surface area contributed by atoms with Crippen LogP contribution >= 0.6 is 15.9 Å². The summed E-state index contributed by atoms with van der Waals surface area (Å²) in [7, 11) is -3.00. The molecule has 0 fully saturated rings. The molecule has 1 aromatic rings. The molecule has 0 radical (unpaired) electrons. The van der Waals surface area contributed by atoms with Crippen LogP contribution in [0.3, 0.4) is 0 Å². The number of benzene rings is 1. The zero-order chi connectivity index (χ0) is 9.47. The standard InChI is InChI=1S/C9H9BrO2S/c10-5-7-6-13(11,12)9-4-2-1-3-8(7)9/h1-4,7H,5-6H2. The van der Waals surface area contributed by atoms with Crippen LogP contribution in [0.5, 0.6) is 0 Å². The molecule has 0 aromatic heterocycles. The summed E-state index contributed by atoms with van der Waals surface area (Å²) in [4.78, 5) is 0.513. The molecule has 1 atom stereocenters.